The lowest BCUT2D eigenvalue weighted by Crippen LogP contribution is -2.24. The number of benzene rings is 3. The Kier molecular flexibility index (Phi) is 7.65. The van der Waals surface area contributed by atoms with E-state index in [0.29, 0.717) is 16.9 Å². The van der Waals surface area contributed by atoms with E-state index >= 15 is 0 Å². The number of amides is 1. The van der Waals surface area contributed by atoms with Gasteiger partial charge in [0.15, 0.2) is 12.4 Å². The number of carbonyl (C=O) groups excluding carboxylic acids is 2. The Balaban J connectivity index is 1.49. The Labute approximate surface area is 190 Å². The zero-order chi connectivity index (χ0) is 22.9. The van der Waals surface area contributed by atoms with Crippen LogP contribution in [0.3, 0.4) is 0 Å². The molecule has 162 valence electrons. The van der Waals surface area contributed by atoms with Gasteiger partial charge in [0.2, 0.25) is 0 Å². The summed E-state index contributed by atoms with van der Waals surface area (Å²) in [6.07, 6.45) is 1.39. The van der Waals surface area contributed by atoms with E-state index in [1.54, 1.807) is 54.6 Å². The number of rotatable bonds is 8. The van der Waals surface area contributed by atoms with Gasteiger partial charge < -0.3 is 9.47 Å². The smallest absolute Gasteiger partial charge is 0.343 e. The fraction of sp³-hybridized carbons (Fsp3) is 0.0455. The van der Waals surface area contributed by atoms with Crippen LogP contribution in [0.5, 0.6) is 11.5 Å². The summed E-state index contributed by atoms with van der Waals surface area (Å²) in [5, 5.41) is 14.7. The van der Waals surface area contributed by atoms with Crippen LogP contribution < -0.4 is 14.9 Å². The van der Waals surface area contributed by atoms with Gasteiger partial charge in [-0.2, -0.15) is 5.10 Å². The van der Waals surface area contributed by atoms with Crippen molar-refractivity contribution in [3.8, 4) is 11.5 Å². The van der Waals surface area contributed by atoms with Crippen LogP contribution in [-0.2, 0) is 4.79 Å². The number of carbonyl (C=O) groups is 2. The van der Waals surface area contributed by atoms with Crippen molar-refractivity contribution >= 4 is 39.7 Å². The van der Waals surface area contributed by atoms with Crippen LogP contribution in [0.1, 0.15) is 15.9 Å². The highest BCUT2D eigenvalue weighted by Crippen LogP contribution is 2.25. The van der Waals surface area contributed by atoms with Crippen molar-refractivity contribution < 1.29 is 24.0 Å². The number of nitrogens with zero attached hydrogens (tertiary/aromatic N) is 2. The summed E-state index contributed by atoms with van der Waals surface area (Å²) in [4.78, 5) is 34.3. The third kappa shape index (κ3) is 6.47. The minimum Gasteiger partial charge on any atom is -0.477 e. The lowest BCUT2D eigenvalue weighted by molar-refractivity contribution is -0.385. The average Bonchev–Trinajstić information content (AvgIpc) is 2.79. The zero-order valence-corrected chi connectivity index (χ0v) is 18.0. The van der Waals surface area contributed by atoms with Crippen molar-refractivity contribution in [3.63, 3.8) is 0 Å². The molecule has 0 aliphatic rings. The summed E-state index contributed by atoms with van der Waals surface area (Å²) in [5.74, 6) is -0.726. The number of nitro groups is 1. The number of hydrazone groups is 1. The molecule has 0 heterocycles. The van der Waals surface area contributed by atoms with Crippen LogP contribution in [0, 0.1) is 10.1 Å². The molecule has 0 unspecified atom stereocenters. The van der Waals surface area contributed by atoms with Gasteiger partial charge in [-0.3, -0.25) is 14.9 Å². The maximum absolute atomic E-state index is 12.2. The van der Waals surface area contributed by atoms with Gasteiger partial charge >= 0.3 is 11.7 Å². The van der Waals surface area contributed by atoms with Crippen LogP contribution in [-0.4, -0.2) is 29.6 Å². The SMILES string of the molecule is O=C(COc1ccccc1[N+](=O)[O-])N/N=C\c1ccc(OC(=O)c2cccc(Br)c2)cc1. The predicted molar refractivity (Wildman–Crippen MR) is 120 cm³/mol. The highest BCUT2D eigenvalue weighted by atomic mass is 79.9. The van der Waals surface area contributed by atoms with E-state index in [0.717, 1.165) is 4.47 Å². The van der Waals surface area contributed by atoms with Gasteiger partial charge in [0, 0.05) is 10.5 Å². The van der Waals surface area contributed by atoms with Gasteiger partial charge in [0.25, 0.3) is 5.91 Å². The number of para-hydroxylation sites is 2. The molecule has 3 rings (SSSR count). The molecule has 0 atom stereocenters. The Hall–Kier alpha value is -4.05. The van der Waals surface area contributed by atoms with Gasteiger partial charge in [-0.25, -0.2) is 10.2 Å². The number of hydrogen-bond donors (Lipinski definition) is 1. The highest BCUT2D eigenvalue weighted by molar-refractivity contribution is 9.10. The number of nitrogens with one attached hydrogen (secondary N) is 1. The number of esters is 1. The lowest BCUT2D eigenvalue weighted by Gasteiger charge is -2.05. The van der Waals surface area contributed by atoms with Gasteiger partial charge in [-0.05, 0) is 54.1 Å². The number of ether oxygens (including phenoxy) is 2. The van der Waals surface area contributed by atoms with E-state index in [9.17, 15) is 19.7 Å². The monoisotopic (exact) mass is 497 g/mol. The average molecular weight is 498 g/mol. The summed E-state index contributed by atoms with van der Waals surface area (Å²) in [6, 6.07) is 19.1. The molecule has 0 radical (unpaired) electrons. The number of hydrogen-bond acceptors (Lipinski definition) is 7. The van der Waals surface area contributed by atoms with Crippen LogP contribution in [0.2, 0.25) is 0 Å². The van der Waals surface area contributed by atoms with Crippen LogP contribution in [0.15, 0.2) is 82.4 Å². The summed E-state index contributed by atoms with van der Waals surface area (Å²) in [5.41, 5.74) is 3.10. The van der Waals surface area contributed by atoms with Crippen LogP contribution >= 0.6 is 15.9 Å². The standard InChI is InChI=1S/C22H16BrN3O6/c23-17-5-3-4-16(12-17)22(28)32-18-10-8-15(9-11-18)13-24-25-21(27)14-31-20-7-2-1-6-19(20)26(29)30/h1-13H,14H2,(H,25,27)/b24-13-. The molecular weight excluding hydrogens is 482 g/mol. The van der Waals surface area contributed by atoms with E-state index in [4.69, 9.17) is 9.47 Å². The summed E-state index contributed by atoms with van der Waals surface area (Å²) < 4.78 is 11.3. The second kappa shape index (κ2) is 10.8. The first kappa shape index (κ1) is 22.6. The second-order valence-electron chi connectivity index (χ2n) is 6.28. The molecule has 1 amide bonds. The van der Waals surface area contributed by atoms with E-state index in [1.807, 2.05) is 0 Å². The predicted octanol–water partition coefficient (Wildman–Crippen LogP) is 4.11. The van der Waals surface area contributed by atoms with Crippen molar-refractivity contribution in [1.29, 1.82) is 0 Å². The molecule has 3 aromatic rings. The summed E-state index contributed by atoms with van der Waals surface area (Å²) in [6.45, 7) is -0.438. The first-order valence-corrected chi connectivity index (χ1v) is 9.97. The largest absolute Gasteiger partial charge is 0.477 e. The van der Waals surface area contributed by atoms with E-state index < -0.39 is 23.4 Å². The summed E-state index contributed by atoms with van der Waals surface area (Å²) in [7, 11) is 0. The van der Waals surface area contributed by atoms with Crippen molar-refractivity contribution in [3.05, 3.63) is 98.5 Å². The molecule has 32 heavy (non-hydrogen) atoms. The minimum atomic E-state index is -0.592. The van der Waals surface area contributed by atoms with Gasteiger partial charge in [0.05, 0.1) is 16.7 Å². The molecule has 9 nitrogen and oxygen atoms in total. The minimum absolute atomic E-state index is 0.00961. The molecule has 0 spiro atoms. The third-order valence-corrected chi connectivity index (χ3v) is 4.47. The topological polar surface area (TPSA) is 120 Å². The van der Waals surface area contributed by atoms with E-state index in [1.165, 1.54) is 24.4 Å². The van der Waals surface area contributed by atoms with Crippen molar-refractivity contribution in [2.24, 2.45) is 5.10 Å². The molecule has 10 heteroatoms. The van der Waals surface area contributed by atoms with Gasteiger partial charge in [0.1, 0.15) is 5.75 Å². The molecule has 0 saturated heterocycles. The fourth-order valence-corrected chi connectivity index (χ4v) is 2.89. The maximum atomic E-state index is 12.2. The third-order valence-electron chi connectivity index (χ3n) is 3.97. The molecule has 0 aromatic heterocycles. The molecule has 1 N–H and O–H groups in total. The zero-order valence-electron chi connectivity index (χ0n) is 16.4. The Morgan fingerprint density at radius 2 is 1.81 bits per heavy atom. The van der Waals surface area contributed by atoms with Gasteiger partial charge in [-0.1, -0.05) is 34.1 Å². The molecule has 3 aromatic carbocycles. The quantitative estimate of drug-likeness (QED) is 0.164. The molecular formula is C22H16BrN3O6. The molecule has 0 saturated carbocycles. The van der Waals surface area contributed by atoms with Crippen molar-refractivity contribution in [1.82, 2.24) is 5.43 Å². The van der Waals surface area contributed by atoms with Crippen LogP contribution in [0.4, 0.5) is 5.69 Å². The second-order valence-corrected chi connectivity index (χ2v) is 7.19. The normalized spacial score (nSPS) is 10.5. The van der Waals surface area contributed by atoms with Crippen LogP contribution in [0.25, 0.3) is 0 Å². The van der Waals surface area contributed by atoms with E-state index in [2.05, 4.69) is 26.5 Å². The molecule has 0 aliphatic carbocycles. The summed E-state index contributed by atoms with van der Waals surface area (Å²) >= 11 is 3.30. The lowest BCUT2D eigenvalue weighted by atomic mass is 10.2. The maximum Gasteiger partial charge on any atom is 0.343 e. The Bertz CT molecular complexity index is 1160. The van der Waals surface area contributed by atoms with Crippen molar-refractivity contribution in [2.75, 3.05) is 6.61 Å². The molecule has 0 fully saturated rings. The van der Waals surface area contributed by atoms with Gasteiger partial charge in [-0.15, -0.1) is 0 Å². The number of nitro benzene ring substituents is 1. The fourth-order valence-electron chi connectivity index (χ4n) is 2.49. The highest BCUT2D eigenvalue weighted by Gasteiger charge is 2.14. The molecule has 0 bridgehead atoms. The van der Waals surface area contributed by atoms with E-state index in [-0.39, 0.29) is 11.4 Å². The molecule has 0 aliphatic heterocycles. The first-order chi connectivity index (χ1) is 15.4. The first-order valence-electron chi connectivity index (χ1n) is 9.18. The Morgan fingerprint density at radius 1 is 1.06 bits per heavy atom. The van der Waals surface area contributed by atoms with Crippen molar-refractivity contribution in [2.45, 2.75) is 0 Å². The number of halogens is 1. The Morgan fingerprint density at radius 3 is 2.53 bits per heavy atom.